The van der Waals surface area contributed by atoms with Gasteiger partial charge in [-0.25, -0.2) is 19.7 Å². The predicted octanol–water partition coefficient (Wildman–Crippen LogP) is 6.47. The number of imidazole rings is 1. The van der Waals surface area contributed by atoms with Gasteiger partial charge in [-0.2, -0.15) is 13.2 Å². The fourth-order valence-corrected chi connectivity index (χ4v) is 4.84. The standard InChI is InChI=1S/C29H30F3N5O3/c1-17(21-9-6-10-21)33-24-23-25(35-26(34-24)28(38)39)36-27(18(2)40-16-20-7-4-3-5-8-20)37(23)15-19-11-13-22(14-12-19)29(30,31)32/h3-5,7-8,11-14,17-18,21H,6,9-10,15-16H2,1-2H3,(H,38,39)(H,33,34,35)/t17-,18?/m1/s1. The summed E-state index contributed by atoms with van der Waals surface area (Å²) in [5.41, 5.74) is 1.47. The number of nitrogens with zero attached hydrogens (tertiary/aromatic N) is 4. The van der Waals surface area contributed by atoms with Crippen LogP contribution in [0.3, 0.4) is 0 Å². The molecular formula is C29H30F3N5O3. The Bertz CT molecular complexity index is 1490. The van der Waals surface area contributed by atoms with Gasteiger partial charge in [0.25, 0.3) is 0 Å². The second kappa shape index (κ2) is 11.2. The second-order valence-corrected chi connectivity index (χ2v) is 10.2. The van der Waals surface area contributed by atoms with E-state index in [1.165, 1.54) is 12.1 Å². The molecule has 8 nitrogen and oxygen atoms in total. The van der Waals surface area contributed by atoms with Gasteiger partial charge in [-0.05, 0) is 55.9 Å². The molecule has 1 fully saturated rings. The number of aromatic carboxylic acids is 1. The fourth-order valence-electron chi connectivity index (χ4n) is 4.84. The Hall–Kier alpha value is -3.99. The number of carboxylic acids is 1. The molecule has 2 heterocycles. The van der Waals surface area contributed by atoms with Crippen LogP contribution in [0.25, 0.3) is 11.2 Å². The summed E-state index contributed by atoms with van der Waals surface area (Å²) in [6.07, 6.45) is -1.72. The minimum absolute atomic E-state index is 0.0260. The average Bonchev–Trinajstić information content (AvgIpc) is 3.25. The lowest BCUT2D eigenvalue weighted by atomic mass is 9.80. The summed E-state index contributed by atoms with van der Waals surface area (Å²) >= 11 is 0. The Morgan fingerprint density at radius 1 is 1.05 bits per heavy atom. The van der Waals surface area contributed by atoms with E-state index in [0.29, 0.717) is 35.2 Å². The van der Waals surface area contributed by atoms with Gasteiger partial charge in [-0.1, -0.05) is 48.9 Å². The van der Waals surface area contributed by atoms with Crippen molar-refractivity contribution in [2.75, 3.05) is 5.32 Å². The quantitative estimate of drug-likeness (QED) is 0.232. The van der Waals surface area contributed by atoms with Crippen LogP contribution in [0.5, 0.6) is 0 Å². The Balaban J connectivity index is 1.58. The van der Waals surface area contributed by atoms with Crippen molar-refractivity contribution in [3.8, 4) is 0 Å². The van der Waals surface area contributed by atoms with Crippen molar-refractivity contribution in [3.63, 3.8) is 0 Å². The van der Waals surface area contributed by atoms with Crippen molar-refractivity contribution in [1.29, 1.82) is 0 Å². The maximum absolute atomic E-state index is 13.2. The van der Waals surface area contributed by atoms with Gasteiger partial charge in [-0.15, -0.1) is 0 Å². The normalized spacial score (nSPS) is 15.5. The Kier molecular flexibility index (Phi) is 7.75. The molecule has 2 aromatic heterocycles. The molecule has 4 aromatic rings. The number of carbonyl (C=O) groups is 1. The molecule has 210 valence electrons. The number of anilines is 1. The van der Waals surface area contributed by atoms with E-state index in [-0.39, 0.29) is 24.1 Å². The van der Waals surface area contributed by atoms with Gasteiger partial charge in [0.1, 0.15) is 17.4 Å². The zero-order valence-corrected chi connectivity index (χ0v) is 22.2. The number of halogens is 3. The number of nitrogens with one attached hydrogen (secondary N) is 1. The summed E-state index contributed by atoms with van der Waals surface area (Å²) in [5, 5.41) is 13.1. The Morgan fingerprint density at radius 3 is 2.35 bits per heavy atom. The van der Waals surface area contributed by atoms with Gasteiger partial charge in [0.15, 0.2) is 11.5 Å². The van der Waals surface area contributed by atoms with Crippen LogP contribution in [0.4, 0.5) is 19.0 Å². The molecule has 1 unspecified atom stereocenters. The average molecular weight is 554 g/mol. The van der Waals surface area contributed by atoms with Crippen LogP contribution in [0.2, 0.25) is 0 Å². The fraction of sp³-hybridized carbons (Fsp3) is 0.379. The molecule has 2 atom stereocenters. The SMILES string of the molecule is CC(OCc1ccccc1)c1nc2nc(C(=O)O)nc(N[C@H](C)C3CCC3)c2n1Cc1ccc(C(F)(F)F)cc1. The Labute approximate surface area is 229 Å². The van der Waals surface area contributed by atoms with E-state index in [2.05, 4.69) is 20.3 Å². The number of carboxylic acid groups (broad SMARTS) is 1. The molecule has 40 heavy (non-hydrogen) atoms. The van der Waals surface area contributed by atoms with E-state index in [9.17, 15) is 23.1 Å². The van der Waals surface area contributed by atoms with Crippen LogP contribution in [-0.4, -0.2) is 36.6 Å². The maximum Gasteiger partial charge on any atom is 0.416 e. The monoisotopic (exact) mass is 553 g/mol. The van der Waals surface area contributed by atoms with Crippen LogP contribution in [0.1, 0.15) is 72.3 Å². The van der Waals surface area contributed by atoms with Gasteiger partial charge >= 0.3 is 12.1 Å². The molecule has 0 saturated heterocycles. The highest BCUT2D eigenvalue weighted by Gasteiger charge is 2.31. The van der Waals surface area contributed by atoms with Crippen molar-refractivity contribution in [2.45, 2.75) is 64.6 Å². The highest BCUT2D eigenvalue weighted by Crippen LogP contribution is 2.34. The van der Waals surface area contributed by atoms with E-state index in [4.69, 9.17) is 4.74 Å². The zero-order chi connectivity index (χ0) is 28.4. The number of benzene rings is 2. The second-order valence-electron chi connectivity index (χ2n) is 10.2. The zero-order valence-electron chi connectivity index (χ0n) is 22.2. The van der Waals surface area contributed by atoms with Crippen molar-refractivity contribution < 1.29 is 27.8 Å². The number of fused-ring (bicyclic) bond motifs is 1. The summed E-state index contributed by atoms with van der Waals surface area (Å²) in [6, 6.07) is 14.6. The van der Waals surface area contributed by atoms with E-state index in [1.54, 1.807) is 4.57 Å². The van der Waals surface area contributed by atoms with Gasteiger partial charge < -0.3 is 19.7 Å². The third-order valence-corrected chi connectivity index (χ3v) is 7.37. The minimum Gasteiger partial charge on any atom is -0.475 e. The summed E-state index contributed by atoms with van der Waals surface area (Å²) < 4.78 is 47.4. The molecule has 0 amide bonds. The summed E-state index contributed by atoms with van der Waals surface area (Å²) in [4.78, 5) is 25.1. The van der Waals surface area contributed by atoms with Crippen LogP contribution in [0.15, 0.2) is 54.6 Å². The predicted molar refractivity (Wildman–Crippen MR) is 143 cm³/mol. The highest BCUT2D eigenvalue weighted by molar-refractivity contribution is 5.90. The topological polar surface area (TPSA) is 102 Å². The number of hydrogen-bond donors (Lipinski definition) is 2. The summed E-state index contributed by atoms with van der Waals surface area (Å²) in [7, 11) is 0. The maximum atomic E-state index is 13.2. The van der Waals surface area contributed by atoms with E-state index in [0.717, 1.165) is 37.0 Å². The molecule has 1 saturated carbocycles. The molecule has 11 heteroatoms. The lowest BCUT2D eigenvalue weighted by molar-refractivity contribution is -0.137. The molecule has 1 aliphatic rings. The lowest BCUT2D eigenvalue weighted by Crippen LogP contribution is -2.31. The third kappa shape index (κ3) is 5.94. The number of ether oxygens (including phenoxy) is 1. The van der Waals surface area contributed by atoms with Crippen LogP contribution in [0, 0.1) is 5.92 Å². The summed E-state index contributed by atoms with van der Waals surface area (Å²) in [5.74, 6) is -0.463. The molecular weight excluding hydrogens is 523 g/mol. The first kappa shape index (κ1) is 27.6. The van der Waals surface area contributed by atoms with Crippen LogP contribution < -0.4 is 5.32 Å². The molecule has 0 radical (unpaired) electrons. The van der Waals surface area contributed by atoms with Gasteiger partial charge in [0.2, 0.25) is 5.82 Å². The molecule has 2 N–H and O–H groups in total. The largest absolute Gasteiger partial charge is 0.475 e. The first-order valence-corrected chi connectivity index (χ1v) is 13.2. The number of aromatic nitrogens is 4. The van der Waals surface area contributed by atoms with Gasteiger partial charge in [0, 0.05) is 12.6 Å². The number of alkyl halides is 3. The first-order chi connectivity index (χ1) is 19.1. The third-order valence-electron chi connectivity index (χ3n) is 7.37. The van der Waals surface area contributed by atoms with Crippen molar-refractivity contribution in [1.82, 2.24) is 19.5 Å². The minimum atomic E-state index is -4.44. The number of rotatable bonds is 10. The molecule has 2 aromatic carbocycles. The molecule has 5 rings (SSSR count). The smallest absolute Gasteiger partial charge is 0.416 e. The van der Waals surface area contributed by atoms with Crippen LogP contribution in [-0.2, 0) is 24.1 Å². The van der Waals surface area contributed by atoms with Gasteiger partial charge in [-0.3, -0.25) is 0 Å². The van der Waals surface area contributed by atoms with E-state index in [1.807, 2.05) is 44.2 Å². The summed E-state index contributed by atoms with van der Waals surface area (Å²) in [6.45, 7) is 4.32. The Morgan fingerprint density at radius 2 is 1.75 bits per heavy atom. The molecule has 1 aliphatic carbocycles. The first-order valence-electron chi connectivity index (χ1n) is 13.2. The molecule has 0 bridgehead atoms. The highest BCUT2D eigenvalue weighted by atomic mass is 19.4. The van der Waals surface area contributed by atoms with E-state index >= 15 is 0 Å². The lowest BCUT2D eigenvalue weighted by Gasteiger charge is -2.32. The van der Waals surface area contributed by atoms with Crippen molar-refractivity contribution in [2.24, 2.45) is 5.92 Å². The molecule has 0 aliphatic heterocycles. The van der Waals surface area contributed by atoms with Crippen LogP contribution >= 0.6 is 0 Å². The molecule has 0 spiro atoms. The van der Waals surface area contributed by atoms with Crippen molar-refractivity contribution in [3.05, 3.63) is 82.9 Å². The van der Waals surface area contributed by atoms with E-state index < -0.39 is 23.8 Å². The number of hydrogen-bond acceptors (Lipinski definition) is 6. The van der Waals surface area contributed by atoms with Crippen molar-refractivity contribution >= 4 is 23.0 Å². The van der Waals surface area contributed by atoms with Gasteiger partial charge in [0.05, 0.1) is 12.2 Å².